The van der Waals surface area contributed by atoms with E-state index in [1.165, 1.54) is 30.8 Å². The van der Waals surface area contributed by atoms with Crippen LogP contribution >= 0.6 is 0 Å². The third-order valence-electron chi connectivity index (χ3n) is 1.21. The zero-order valence-electron chi connectivity index (χ0n) is 5.54. The van der Waals surface area contributed by atoms with Gasteiger partial charge in [0, 0.05) is 0 Å². The van der Waals surface area contributed by atoms with Crippen molar-refractivity contribution >= 4 is 26.1 Å². The van der Waals surface area contributed by atoms with Gasteiger partial charge in [0.05, 0.1) is 8.41 Å². The Balaban J connectivity index is 0. The Bertz CT molecular complexity index is 27.7. The molecule has 0 radical (unpaired) electrons. The van der Waals surface area contributed by atoms with E-state index in [0.29, 0.717) is 0 Å². The van der Waals surface area contributed by atoms with Crippen LogP contribution in [0.15, 0.2) is 0 Å². The van der Waals surface area contributed by atoms with Gasteiger partial charge in [-0.25, -0.2) is 0 Å². The zero-order valence-corrected chi connectivity index (χ0v) is 5.54. The van der Waals surface area contributed by atoms with Crippen molar-refractivity contribution in [1.29, 1.82) is 0 Å². The van der Waals surface area contributed by atoms with Gasteiger partial charge in [-0.1, -0.05) is 0 Å². The first kappa shape index (κ1) is 11.5. The minimum atomic E-state index is 0. The molecule has 0 N–H and O–H groups in total. The second-order valence-electron chi connectivity index (χ2n) is 2.06. The minimum absolute atomic E-state index is 0. The van der Waals surface area contributed by atoms with E-state index in [1.807, 2.05) is 0 Å². The van der Waals surface area contributed by atoms with Gasteiger partial charge in [0.25, 0.3) is 0 Å². The van der Waals surface area contributed by atoms with E-state index in [2.05, 4.69) is 24.6 Å². The van der Waals surface area contributed by atoms with Crippen LogP contribution in [0, 0.1) is 0 Å². The molecule has 2 heteroatoms. The molecular formula is C6H16BLi. The van der Waals surface area contributed by atoms with Crippen LogP contribution in [0.25, 0.3) is 0 Å². The van der Waals surface area contributed by atoms with E-state index in [-0.39, 0.29) is 8.41 Å². The van der Waals surface area contributed by atoms with Gasteiger partial charge < -0.3 is 0 Å². The summed E-state index contributed by atoms with van der Waals surface area (Å²) in [5.41, 5.74) is 0. The molecule has 0 atom stereocenters. The van der Waals surface area contributed by atoms with E-state index in [9.17, 15) is 0 Å². The first-order valence-electron chi connectivity index (χ1n) is 3.41. The Morgan fingerprint density at radius 2 is 1.75 bits per heavy atom. The fraction of sp³-hybridized carbons (Fsp3) is 1.00. The van der Waals surface area contributed by atoms with E-state index in [1.54, 1.807) is 0 Å². The van der Waals surface area contributed by atoms with E-state index in [0.717, 1.165) is 0 Å². The average Bonchev–Trinajstić information content (AvgIpc) is 1.69. The van der Waals surface area contributed by atoms with Crippen LogP contribution in [0.2, 0.25) is 5.09 Å². The Hall–Kier alpha value is 0.662. The van der Waals surface area contributed by atoms with Crippen LogP contribution in [-0.4, -0.2) is 26.1 Å². The normalized spacial score (nSPS) is 8.38. The summed E-state index contributed by atoms with van der Waals surface area (Å²) < 4.78 is 0. The van der Waals surface area contributed by atoms with Gasteiger partial charge >= 0.3 is 55.4 Å². The topological polar surface area (TPSA) is 0 Å². The molecule has 0 aliphatic carbocycles. The molecule has 0 fully saturated rings. The molecule has 0 unspecified atom stereocenters. The summed E-state index contributed by atoms with van der Waals surface area (Å²) in [7, 11) is 0. The molecule has 0 spiro atoms. The molecule has 0 aromatic rings. The molecule has 0 nitrogen and oxygen atoms in total. The van der Waals surface area contributed by atoms with E-state index in [4.69, 9.17) is 0 Å². The summed E-state index contributed by atoms with van der Waals surface area (Å²) in [6.45, 7) is 2.25. The first-order valence-corrected chi connectivity index (χ1v) is 3.41. The molecule has 0 aliphatic rings. The quantitative estimate of drug-likeness (QED) is 0.370. The van der Waals surface area contributed by atoms with Crippen LogP contribution in [0.3, 0.4) is 0 Å². The van der Waals surface area contributed by atoms with Crippen molar-refractivity contribution in [2.24, 2.45) is 0 Å². The average molecular weight is 106 g/mol. The fourth-order valence-corrected chi connectivity index (χ4v) is 0.677. The molecule has 0 aliphatic heterocycles. The molecule has 0 aromatic carbocycles. The van der Waals surface area contributed by atoms with Crippen molar-refractivity contribution in [1.82, 2.24) is 0 Å². The van der Waals surface area contributed by atoms with Gasteiger partial charge in [-0.15, -0.1) is 0 Å². The zero-order chi connectivity index (χ0) is 5.54. The van der Waals surface area contributed by atoms with Crippen LogP contribution in [0.4, 0.5) is 0 Å². The predicted molar refractivity (Wildman–Crippen MR) is 44.6 cm³/mol. The Labute approximate surface area is 64.2 Å². The first-order chi connectivity index (χ1) is 3.41. The molecule has 0 amide bonds. The second kappa shape index (κ2) is 10.6. The standard InChI is InChI=1S/C6H13.BH3.Li/c1-3-5-6-4-2;;/h1,3-6H2,2H3;1H3;. The second-order valence-corrected chi connectivity index (χ2v) is 2.06. The van der Waals surface area contributed by atoms with Crippen molar-refractivity contribution in [3.63, 3.8) is 0 Å². The molecule has 0 aromatic heterocycles. The van der Waals surface area contributed by atoms with Crippen LogP contribution in [0.5, 0.6) is 0 Å². The fourth-order valence-electron chi connectivity index (χ4n) is 0.677. The molecular weight excluding hydrogens is 89.8 g/mol. The summed E-state index contributed by atoms with van der Waals surface area (Å²) in [6, 6.07) is 0. The van der Waals surface area contributed by atoms with Crippen molar-refractivity contribution in [2.75, 3.05) is 0 Å². The molecule has 44 valence electrons. The maximum atomic E-state index is 2.25. The van der Waals surface area contributed by atoms with E-state index >= 15 is 0 Å². The van der Waals surface area contributed by atoms with Crippen LogP contribution < -0.4 is 0 Å². The van der Waals surface area contributed by atoms with Crippen molar-refractivity contribution in [2.45, 2.75) is 37.7 Å². The van der Waals surface area contributed by atoms with Crippen LogP contribution in [0.1, 0.15) is 32.6 Å². The third-order valence-corrected chi connectivity index (χ3v) is 1.21. The maximum absolute atomic E-state index is 2.25. The Morgan fingerprint density at radius 1 is 1.12 bits per heavy atom. The van der Waals surface area contributed by atoms with Gasteiger partial charge in [-0.2, -0.15) is 0 Å². The summed E-state index contributed by atoms with van der Waals surface area (Å²) in [5.74, 6) is 0. The number of hydrogen-bond acceptors (Lipinski definition) is 0. The SMILES string of the molecule is B.[Li][CH2]CCCCC. The van der Waals surface area contributed by atoms with Crippen molar-refractivity contribution < 1.29 is 0 Å². The monoisotopic (exact) mass is 106 g/mol. The summed E-state index contributed by atoms with van der Waals surface area (Å²) in [4.78, 5) is 0. The predicted octanol–water partition coefficient (Wildman–Crippen LogP) is 0.970. The Morgan fingerprint density at radius 3 is 2.12 bits per heavy atom. The molecule has 0 saturated carbocycles. The van der Waals surface area contributed by atoms with Gasteiger partial charge in [-0.3, -0.25) is 0 Å². The van der Waals surface area contributed by atoms with Gasteiger partial charge in [0.15, 0.2) is 0 Å². The molecule has 0 rings (SSSR count). The third kappa shape index (κ3) is 9.83. The summed E-state index contributed by atoms with van der Waals surface area (Å²) in [5, 5.41) is 1.36. The molecule has 0 saturated heterocycles. The van der Waals surface area contributed by atoms with Gasteiger partial charge in [-0.05, 0) is 0 Å². The van der Waals surface area contributed by atoms with E-state index < -0.39 is 0 Å². The van der Waals surface area contributed by atoms with Crippen LogP contribution in [-0.2, 0) is 0 Å². The number of rotatable bonds is 4. The molecule has 0 heterocycles. The molecule has 8 heavy (non-hydrogen) atoms. The van der Waals surface area contributed by atoms with Crippen molar-refractivity contribution in [3.05, 3.63) is 0 Å². The Kier molecular flexibility index (Phi) is 15.2. The summed E-state index contributed by atoms with van der Waals surface area (Å²) >= 11 is 2.25. The van der Waals surface area contributed by atoms with Gasteiger partial charge in [0.2, 0.25) is 0 Å². The number of hydrogen-bond donors (Lipinski definition) is 0. The summed E-state index contributed by atoms with van der Waals surface area (Å²) in [6.07, 6.45) is 5.65. The van der Waals surface area contributed by atoms with Gasteiger partial charge in [0.1, 0.15) is 0 Å². The van der Waals surface area contributed by atoms with Crippen molar-refractivity contribution in [3.8, 4) is 0 Å². The number of unbranched alkanes of at least 4 members (excludes halogenated alkanes) is 3. The molecule has 0 bridgehead atoms.